The largest absolute Gasteiger partial charge is 0.354 e. The van der Waals surface area contributed by atoms with Crippen LogP contribution in [0.4, 0.5) is 11.9 Å². The molecule has 0 amide bonds. The van der Waals surface area contributed by atoms with Crippen LogP contribution in [0, 0.1) is 5.92 Å². The Morgan fingerprint density at radius 2 is 1.50 bits per heavy atom. The third kappa shape index (κ3) is 9.61. The number of piperidine rings is 1. The summed E-state index contributed by atoms with van der Waals surface area (Å²) in [7, 11) is 0. The zero-order valence-electron chi connectivity index (χ0n) is 19.4. The summed E-state index contributed by atoms with van der Waals surface area (Å²) in [5, 5.41) is 10.3. The first kappa shape index (κ1) is 24.9. The molecule has 1 aromatic heterocycles. The highest BCUT2D eigenvalue weighted by Gasteiger charge is 2.36. The van der Waals surface area contributed by atoms with Crippen molar-refractivity contribution in [3.63, 3.8) is 0 Å². The third-order valence-corrected chi connectivity index (χ3v) is 5.78. The lowest BCUT2D eigenvalue weighted by atomic mass is 9.74. The van der Waals surface area contributed by atoms with Crippen molar-refractivity contribution in [2.24, 2.45) is 5.92 Å². The van der Waals surface area contributed by atoms with Gasteiger partial charge in [0.05, 0.1) is 0 Å². The van der Waals surface area contributed by atoms with Gasteiger partial charge in [-0.2, -0.15) is 15.0 Å². The van der Waals surface area contributed by atoms with E-state index in [4.69, 9.17) is 11.6 Å². The van der Waals surface area contributed by atoms with E-state index in [0.29, 0.717) is 18.4 Å². The molecule has 1 aliphatic rings. The molecule has 0 spiro atoms. The van der Waals surface area contributed by atoms with E-state index < -0.39 is 0 Å². The van der Waals surface area contributed by atoms with Crippen LogP contribution < -0.4 is 16.0 Å². The summed E-state index contributed by atoms with van der Waals surface area (Å²) in [6, 6.07) is 0. The highest BCUT2D eigenvalue weighted by Crippen LogP contribution is 2.35. The van der Waals surface area contributed by atoms with Gasteiger partial charge in [-0.05, 0) is 64.5 Å². The molecule has 1 fully saturated rings. The molecule has 6 nitrogen and oxygen atoms in total. The van der Waals surface area contributed by atoms with Crippen LogP contribution in [0.25, 0.3) is 0 Å². The molecule has 1 aliphatic heterocycles. The second-order valence-corrected chi connectivity index (χ2v) is 10.3. The van der Waals surface area contributed by atoms with Crippen molar-refractivity contribution < 1.29 is 0 Å². The van der Waals surface area contributed by atoms with Gasteiger partial charge in [0.15, 0.2) is 0 Å². The van der Waals surface area contributed by atoms with Crippen LogP contribution in [-0.2, 0) is 0 Å². The standard InChI is InChI=1S/C23H41ClN6/c1-6-14-25-20-27-19(24)28-21(29-20)26-15-12-10-8-7-9-11-13-18-16-22(2,3)30-23(4,5)17-18/h6,18,30H,1,7-17H2,2-5H3,(H2,25,26,27,28,29). The minimum atomic E-state index is 0.194. The van der Waals surface area contributed by atoms with Crippen LogP contribution >= 0.6 is 11.6 Å². The van der Waals surface area contributed by atoms with Gasteiger partial charge in [-0.15, -0.1) is 6.58 Å². The van der Waals surface area contributed by atoms with Gasteiger partial charge in [-0.25, -0.2) is 0 Å². The van der Waals surface area contributed by atoms with Crippen molar-refractivity contribution in [2.45, 2.75) is 96.6 Å². The molecular weight excluding hydrogens is 396 g/mol. The Hall–Kier alpha value is -1.40. The highest BCUT2D eigenvalue weighted by atomic mass is 35.5. The van der Waals surface area contributed by atoms with Gasteiger partial charge in [-0.1, -0.05) is 44.6 Å². The summed E-state index contributed by atoms with van der Waals surface area (Å²) in [4.78, 5) is 12.5. The van der Waals surface area contributed by atoms with E-state index in [1.54, 1.807) is 6.08 Å². The molecule has 3 N–H and O–H groups in total. The van der Waals surface area contributed by atoms with Gasteiger partial charge in [0.1, 0.15) is 0 Å². The molecule has 0 aliphatic carbocycles. The molecule has 30 heavy (non-hydrogen) atoms. The summed E-state index contributed by atoms with van der Waals surface area (Å²) in [6.07, 6.45) is 13.4. The van der Waals surface area contributed by atoms with E-state index in [1.165, 1.54) is 51.4 Å². The molecular formula is C23H41ClN6. The number of anilines is 2. The molecule has 0 unspecified atom stereocenters. The lowest BCUT2D eigenvalue weighted by Gasteiger charge is -2.46. The lowest BCUT2D eigenvalue weighted by Crippen LogP contribution is -2.57. The monoisotopic (exact) mass is 436 g/mol. The molecule has 170 valence electrons. The van der Waals surface area contributed by atoms with Gasteiger partial charge < -0.3 is 16.0 Å². The fourth-order valence-electron chi connectivity index (χ4n) is 4.87. The molecule has 0 atom stereocenters. The zero-order valence-corrected chi connectivity index (χ0v) is 20.1. The first-order valence-corrected chi connectivity index (χ1v) is 11.9. The number of halogens is 1. The Morgan fingerprint density at radius 3 is 2.13 bits per heavy atom. The van der Waals surface area contributed by atoms with Crippen LogP contribution in [0.15, 0.2) is 12.7 Å². The van der Waals surface area contributed by atoms with Crippen molar-refractivity contribution in [1.82, 2.24) is 20.3 Å². The Morgan fingerprint density at radius 1 is 0.933 bits per heavy atom. The molecule has 0 bridgehead atoms. The van der Waals surface area contributed by atoms with Crippen LogP contribution in [-0.4, -0.2) is 39.1 Å². The Labute approximate surface area is 188 Å². The van der Waals surface area contributed by atoms with E-state index in [9.17, 15) is 0 Å². The van der Waals surface area contributed by atoms with Gasteiger partial charge in [0.25, 0.3) is 0 Å². The highest BCUT2D eigenvalue weighted by molar-refractivity contribution is 6.28. The maximum absolute atomic E-state index is 5.96. The zero-order chi connectivity index (χ0) is 22.0. The Bertz CT molecular complexity index is 645. The number of nitrogens with zero attached hydrogens (tertiary/aromatic N) is 3. The van der Waals surface area contributed by atoms with E-state index in [2.05, 4.69) is 65.2 Å². The van der Waals surface area contributed by atoms with E-state index >= 15 is 0 Å². The maximum atomic E-state index is 5.96. The molecule has 0 radical (unpaired) electrons. The molecule has 2 rings (SSSR count). The Kier molecular flexibility index (Phi) is 9.82. The van der Waals surface area contributed by atoms with Crippen LogP contribution in [0.3, 0.4) is 0 Å². The van der Waals surface area contributed by atoms with Crippen molar-refractivity contribution >= 4 is 23.5 Å². The van der Waals surface area contributed by atoms with E-state index in [1.807, 2.05) is 0 Å². The fraction of sp³-hybridized carbons (Fsp3) is 0.783. The molecule has 2 heterocycles. The predicted molar refractivity (Wildman–Crippen MR) is 128 cm³/mol. The van der Waals surface area contributed by atoms with E-state index in [-0.39, 0.29) is 16.4 Å². The average molecular weight is 437 g/mol. The number of hydrogen-bond donors (Lipinski definition) is 3. The second kappa shape index (κ2) is 11.8. The molecule has 0 saturated carbocycles. The minimum absolute atomic E-state index is 0.194. The van der Waals surface area contributed by atoms with Crippen LogP contribution in [0.1, 0.15) is 85.5 Å². The maximum Gasteiger partial charge on any atom is 0.229 e. The second-order valence-electron chi connectivity index (χ2n) is 9.93. The predicted octanol–water partition coefficient (Wildman–Crippen LogP) is 5.82. The van der Waals surface area contributed by atoms with Gasteiger partial charge in [0.2, 0.25) is 17.2 Å². The number of rotatable bonds is 13. The molecule has 0 aromatic carbocycles. The molecule has 1 saturated heterocycles. The number of aromatic nitrogens is 3. The number of nitrogens with one attached hydrogen (secondary N) is 3. The average Bonchev–Trinajstić information content (AvgIpc) is 2.62. The van der Waals surface area contributed by atoms with Crippen molar-refractivity contribution in [2.75, 3.05) is 23.7 Å². The normalized spacial score (nSPS) is 18.2. The van der Waals surface area contributed by atoms with Gasteiger partial charge in [-0.3, -0.25) is 0 Å². The summed E-state index contributed by atoms with van der Waals surface area (Å²) in [5.74, 6) is 1.85. The quantitative estimate of drug-likeness (QED) is 0.267. The van der Waals surface area contributed by atoms with E-state index in [0.717, 1.165) is 18.9 Å². The summed E-state index contributed by atoms with van der Waals surface area (Å²) in [6.45, 7) is 14.5. The van der Waals surface area contributed by atoms with Crippen molar-refractivity contribution in [3.05, 3.63) is 17.9 Å². The van der Waals surface area contributed by atoms with Crippen molar-refractivity contribution in [3.8, 4) is 0 Å². The topological polar surface area (TPSA) is 74.8 Å². The molecule has 7 heteroatoms. The first-order valence-electron chi connectivity index (χ1n) is 11.5. The Balaban J connectivity index is 1.53. The fourth-order valence-corrected chi connectivity index (χ4v) is 5.03. The SMILES string of the molecule is C=CCNc1nc(Cl)nc(NCCCCCCCCC2CC(C)(C)NC(C)(C)C2)n1. The summed E-state index contributed by atoms with van der Waals surface area (Å²) < 4.78 is 0. The van der Waals surface area contributed by atoms with Gasteiger partial charge >= 0.3 is 0 Å². The van der Waals surface area contributed by atoms with Crippen LogP contribution in [0.5, 0.6) is 0 Å². The number of hydrogen-bond acceptors (Lipinski definition) is 6. The van der Waals surface area contributed by atoms with Crippen LogP contribution in [0.2, 0.25) is 5.28 Å². The minimum Gasteiger partial charge on any atom is -0.354 e. The first-order chi connectivity index (χ1) is 14.2. The summed E-state index contributed by atoms with van der Waals surface area (Å²) in [5.41, 5.74) is 0.537. The smallest absolute Gasteiger partial charge is 0.229 e. The molecule has 1 aromatic rings. The lowest BCUT2D eigenvalue weighted by molar-refractivity contribution is 0.122. The third-order valence-electron chi connectivity index (χ3n) is 5.61. The van der Waals surface area contributed by atoms with Gasteiger partial charge in [0, 0.05) is 24.2 Å². The van der Waals surface area contributed by atoms with Crippen molar-refractivity contribution in [1.29, 1.82) is 0 Å². The summed E-state index contributed by atoms with van der Waals surface area (Å²) >= 11 is 5.96. The number of unbranched alkanes of at least 4 members (excludes halogenated alkanes) is 5.